The average Bonchev–Trinajstić information content (AvgIpc) is 2.68. The molecule has 1 aromatic carbocycles. The molecule has 0 aliphatic carbocycles. The maximum absolute atomic E-state index is 12.2. The second kappa shape index (κ2) is 8.05. The minimum absolute atomic E-state index is 0.0154. The summed E-state index contributed by atoms with van der Waals surface area (Å²) in [6.07, 6.45) is 5.12. The van der Waals surface area contributed by atoms with E-state index in [1.165, 1.54) is 7.11 Å². The number of amides is 2. The van der Waals surface area contributed by atoms with E-state index in [4.69, 9.17) is 10.5 Å². The van der Waals surface area contributed by atoms with Crippen molar-refractivity contribution in [1.82, 2.24) is 14.9 Å². The maximum atomic E-state index is 12.2. The molecule has 0 spiro atoms. The van der Waals surface area contributed by atoms with Crippen LogP contribution < -0.4 is 5.73 Å². The summed E-state index contributed by atoms with van der Waals surface area (Å²) in [6, 6.07) is 7.07. The molecule has 1 saturated heterocycles. The van der Waals surface area contributed by atoms with Crippen LogP contribution in [0.25, 0.3) is 11.3 Å². The van der Waals surface area contributed by atoms with Gasteiger partial charge < -0.3 is 15.4 Å². The molecule has 2 N–H and O–H groups in total. The van der Waals surface area contributed by atoms with Crippen molar-refractivity contribution in [2.24, 2.45) is 5.73 Å². The summed E-state index contributed by atoms with van der Waals surface area (Å²) in [5.41, 5.74) is 8.18. The number of primary amides is 1. The first kappa shape index (κ1) is 18.0. The van der Waals surface area contributed by atoms with Crippen molar-refractivity contribution in [3.63, 3.8) is 0 Å². The molecule has 0 radical (unpaired) electrons. The first-order valence-corrected chi connectivity index (χ1v) is 8.58. The molecule has 3 rings (SSSR count). The van der Waals surface area contributed by atoms with Crippen LogP contribution in [0.5, 0.6) is 0 Å². The molecular weight excluding hydrogens is 332 g/mol. The number of aromatic nitrogens is 2. The largest absolute Gasteiger partial charge is 0.375 e. The average molecular weight is 354 g/mol. The number of hydrogen-bond acceptors (Lipinski definition) is 5. The molecule has 7 heteroatoms. The molecule has 1 aliphatic heterocycles. The van der Waals surface area contributed by atoms with Crippen LogP contribution in [0.15, 0.2) is 36.7 Å². The highest BCUT2D eigenvalue weighted by molar-refractivity contribution is 5.94. The third-order valence-corrected chi connectivity index (χ3v) is 4.58. The van der Waals surface area contributed by atoms with Gasteiger partial charge in [0, 0.05) is 49.6 Å². The van der Waals surface area contributed by atoms with E-state index in [2.05, 4.69) is 9.97 Å². The van der Waals surface area contributed by atoms with Gasteiger partial charge in [0.25, 0.3) is 0 Å². The topological polar surface area (TPSA) is 98.4 Å². The van der Waals surface area contributed by atoms with E-state index in [0.717, 1.165) is 36.3 Å². The number of rotatable bonds is 5. The quantitative estimate of drug-likeness (QED) is 0.879. The molecule has 0 saturated carbocycles. The Labute approximate surface area is 152 Å². The summed E-state index contributed by atoms with van der Waals surface area (Å²) in [4.78, 5) is 34.5. The summed E-state index contributed by atoms with van der Waals surface area (Å²) in [5.74, 6) is -0.407. The van der Waals surface area contributed by atoms with Crippen LogP contribution in [-0.4, -0.2) is 53.5 Å². The van der Waals surface area contributed by atoms with Gasteiger partial charge in [-0.15, -0.1) is 0 Å². The maximum Gasteiger partial charge on any atom is 0.248 e. The van der Waals surface area contributed by atoms with Gasteiger partial charge in [0.1, 0.15) is 6.61 Å². The Morgan fingerprint density at radius 3 is 2.88 bits per heavy atom. The fourth-order valence-electron chi connectivity index (χ4n) is 3.33. The van der Waals surface area contributed by atoms with Crippen LogP contribution in [0.2, 0.25) is 0 Å². The normalized spacial score (nSPS) is 17.1. The highest BCUT2D eigenvalue weighted by atomic mass is 16.5. The summed E-state index contributed by atoms with van der Waals surface area (Å²) < 4.78 is 4.96. The number of carbonyl (C=O) groups is 2. The Morgan fingerprint density at radius 2 is 2.12 bits per heavy atom. The number of nitrogens with zero attached hydrogens (tertiary/aromatic N) is 3. The zero-order chi connectivity index (χ0) is 18.5. The molecule has 2 aromatic rings. The zero-order valence-electron chi connectivity index (χ0n) is 14.7. The highest BCUT2D eigenvalue weighted by Crippen LogP contribution is 2.32. The Balaban J connectivity index is 1.91. The number of piperidine rings is 1. The summed E-state index contributed by atoms with van der Waals surface area (Å²) >= 11 is 0. The lowest BCUT2D eigenvalue weighted by molar-refractivity contribution is -0.136. The molecule has 1 atom stereocenters. The predicted molar refractivity (Wildman–Crippen MR) is 96.4 cm³/mol. The first-order chi connectivity index (χ1) is 12.6. The molecule has 2 heterocycles. The van der Waals surface area contributed by atoms with Gasteiger partial charge in [-0.25, -0.2) is 0 Å². The van der Waals surface area contributed by atoms with Crippen molar-refractivity contribution < 1.29 is 14.3 Å². The first-order valence-electron chi connectivity index (χ1n) is 8.58. The molecule has 1 aromatic heterocycles. The fraction of sp³-hybridized carbons (Fsp3) is 0.368. The lowest BCUT2D eigenvalue weighted by Crippen LogP contribution is -2.41. The summed E-state index contributed by atoms with van der Waals surface area (Å²) in [7, 11) is 1.52. The molecular formula is C19H22N4O3. The number of nitrogens with two attached hydrogens (primary N) is 1. The van der Waals surface area contributed by atoms with E-state index in [0.29, 0.717) is 12.1 Å². The molecule has 136 valence electrons. The van der Waals surface area contributed by atoms with Crippen LogP contribution in [0.1, 0.15) is 34.8 Å². The van der Waals surface area contributed by atoms with Crippen LogP contribution in [0.3, 0.4) is 0 Å². The van der Waals surface area contributed by atoms with Crippen LogP contribution in [-0.2, 0) is 9.53 Å². The standard InChI is InChI=1S/C19H22N4O3/c1-26-12-16(24)23-9-3-6-15(11-23)18-17(21-7-8-22-18)13-4-2-5-14(10-13)19(20)25/h2,4-5,7-8,10,15H,3,6,9,11-12H2,1H3,(H2,20,25)/t15-/m0/s1. The van der Waals surface area contributed by atoms with Crippen LogP contribution in [0, 0.1) is 0 Å². The van der Waals surface area contributed by atoms with Gasteiger partial charge in [0.2, 0.25) is 11.8 Å². The van der Waals surface area contributed by atoms with Gasteiger partial charge in [-0.1, -0.05) is 12.1 Å². The monoisotopic (exact) mass is 354 g/mol. The number of ether oxygens (including phenoxy) is 1. The number of methoxy groups -OCH3 is 1. The molecule has 0 unspecified atom stereocenters. The van der Waals surface area contributed by atoms with E-state index < -0.39 is 5.91 Å². The van der Waals surface area contributed by atoms with Gasteiger partial charge in [0.15, 0.2) is 0 Å². The van der Waals surface area contributed by atoms with Crippen LogP contribution >= 0.6 is 0 Å². The van der Waals surface area contributed by atoms with Gasteiger partial charge >= 0.3 is 0 Å². The van der Waals surface area contributed by atoms with Crippen molar-refractivity contribution in [1.29, 1.82) is 0 Å². The van der Waals surface area contributed by atoms with Gasteiger partial charge in [-0.2, -0.15) is 0 Å². The van der Waals surface area contributed by atoms with Crippen molar-refractivity contribution >= 4 is 11.8 Å². The fourth-order valence-corrected chi connectivity index (χ4v) is 3.33. The van der Waals surface area contributed by atoms with E-state index in [1.54, 1.807) is 30.6 Å². The predicted octanol–water partition coefficient (Wildman–Crippen LogP) is 1.59. The van der Waals surface area contributed by atoms with Gasteiger partial charge in [0.05, 0.1) is 11.4 Å². The summed E-state index contributed by atoms with van der Waals surface area (Å²) in [5, 5.41) is 0. The van der Waals surface area contributed by atoms with Gasteiger partial charge in [-0.05, 0) is 25.0 Å². The number of benzene rings is 1. The number of likely N-dealkylation sites (tertiary alicyclic amines) is 1. The van der Waals surface area contributed by atoms with Crippen molar-refractivity contribution in [2.45, 2.75) is 18.8 Å². The zero-order valence-corrected chi connectivity index (χ0v) is 14.7. The van der Waals surface area contributed by atoms with Crippen molar-refractivity contribution in [3.8, 4) is 11.3 Å². The summed E-state index contributed by atoms with van der Waals surface area (Å²) in [6.45, 7) is 1.40. The Bertz CT molecular complexity index is 809. The smallest absolute Gasteiger partial charge is 0.248 e. The van der Waals surface area contributed by atoms with Crippen molar-refractivity contribution in [3.05, 3.63) is 47.9 Å². The second-order valence-corrected chi connectivity index (χ2v) is 6.35. The third-order valence-electron chi connectivity index (χ3n) is 4.58. The minimum atomic E-state index is -0.480. The Kier molecular flexibility index (Phi) is 5.58. The molecule has 7 nitrogen and oxygen atoms in total. The molecule has 1 fully saturated rings. The van der Waals surface area contributed by atoms with Crippen LogP contribution in [0.4, 0.5) is 0 Å². The third kappa shape index (κ3) is 3.88. The lowest BCUT2D eigenvalue weighted by atomic mass is 9.91. The van der Waals surface area contributed by atoms with Crippen molar-refractivity contribution in [2.75, 3.05) is 26.8 Å². The van der Waals surface area contributed by atoms with E-state index in [9.17, 15) is 9.59 Å². The van der Waals surface area contributed by atoms with Gasteiger partial charge in [-0.3, -0.25) is 19.6 Å². The molecule has 1 aliphatic rings. The molecule has 2 amide bonds. The SMILES string of the molecule is COCC(=O)N1CCC[C@H](c2nccnc2-c2cccc(C(N)=O)c2)C1. The van der Waals surface area contributed by atoms with E-state index >= 15 is 0 Å². The molecule has 26 heavy (non-hydrogen) atoms. The lowest BCUT2D eigenvalue weighted by Gasteiger charge is -2.33. The number of hydrogen-bond donors (Lipinski definition) is 1. The highest BCUT2D eigenvalue weighted by Gasteiger charge is 2.27. The van der Waals surface area contributed by atoms with E-state index in [1.807, 2.05) is 11.0 Å². The minimum Gasteiger partial charge on any atom is -0.375 e. The molecule has 0 bridgehead atoms. The Morgan fingerprint density at radius 1 is 1.31 bits per heavy atom. The van der Waals surface area contributed by atoms with E-state index in [-0.39, 0.29) is 18.4 Å². The second-order valence-electron chi connectivity index (χ2n) is 6.35. The Hall–Kier alpha value is -2.80. The number of carbonyl (C=O) groups excluding carboxylic acids is 2.